The lowest BCUT2D eigenvalue weighted by Gasteiger charge is -2.12. The van der Waals surface area contributed by atoms with Crippen molar-refractivity contribution < 1.29 is 9.53 Å². The van der Waals surface area contributed by atoms with Crippen molar-refractivity contribution in [2.45, 2.75) is 26.2 Å². The molecule has 0 unspecified atom stereocenters. The maximum absolute atomic E-state index is 10.5. The van der Waals surface area contributed by atoms with Crippen LogP contribution in [0.3, 0.4) is 0 Å². The second-order valence-corrected chi connectivity index (χ2v) is 2.72. The first-order chi connectivity index (χ1) is 5.18. The van der Waals surface area contributed by atoms with Crippen LogP contribution in [0.5, 0.6) is 0 Å². The fourth-order valence-corrected chi connectivity index (χ4v) is 1.13. The number of carbonyl (C=O) groups is 1. The maximum Gasteiger partial charge on any atom is 0.307 e. The van der Waals surface area contributed by atoms with E-state index in [1.54, 1.807) is 0 Å². The highest BCUT2D eigenvalue weighted by Crippen LogP contribution is 2.21. The van der Waals surface area contributed by atoms with Crippen molar-refractivity contribution in [1.29, 1.82) is 0 Å². The van der Waals surface area contributed by atoms with Crippen LogP contribution < -0.4 is 0 Å². The minimum Gasteiger partial charge on any atom is -0.431 e. The standard InChI is InChI=1S/C9H12O2/c1-7-4-3-5-9(6-7)11-8(2)10/h6H,1,3-5H2,2H3. The molecule has 0 spiro atoms. The number of rotatable bonds is 1. The summed E-state index contributed by atoms with van der Waals surface area (Å²) < 4.78 is 4.92. The van der Waals surface area contributed by atoms with E-state index < -0.39 is 0 Å². The van der Waals surface area contributed by atoms with Crippen molar-refractivity contribution in [3.63, 3.8) is 0 Å². The molecule has 1 aliphatic rings. The average Bonchev–Trinajstić information content (AvgIpc) is 1.85. The van der Waals surface area contributed by atoms with Gasteiger partial charge in [0.1, 0.15) is 5.76 Å². The third-order valence-electron chi connectivity index (χ3n) is 1.56. The van der Waals surface area contributed by atoms with Crippen molar-refractivity contribution in [3.05, 3.63) is 24.0 Å². The molecule has 0 atom stereocenters. The molecule has 0 bridgehead atoms. The van der Waals surface area contributed by atoms with Gasteiger partial charge in [0.25, 0.3) is 0 Å². The molecule has 11 heavy (non-hydrogen) atoms. The van der Waals surface area contributed by atoms with Crippen LogP contribution in [0.1, 0.15) is 26.2 Å². The van der Waals surface area contributed by atoms with Gasteiger partial charge >= 0.3 is 5.97 Å². The summed E-state index contributed by atoms with van der Waals surface area (Å²) in [6.45, 7) is 5.22. The maximum atomic E-state index is 10.5. The number of ether oxygens (including phenoxy) is 1. The lowest BCUT2D eigenvalue weighted by molar-refractivity contribution is -0.137. The summed E-state index contributed by atoms with van der Waals surface area (Å²) in [5.74, 6) is 0.514. The van der Waals surface area contributed by atoms with Gasteiger partial charge < -0.3 is 4.74 Å². The van der Waals surface area contributed by atoms with Gasteiger partial charge in [0.15, 0.2) is 0 Å². The van der Waals surface area contributed by atoms with Gasteiger partial charge in [-0.05, 0) is 18.9 Å². The lowest BCUT2D eigenvalue weighted by atomic mass is 10.0. The van der Waals surface area contributed by atoms with Gasteiger partial charge in [0, 0.05) is 13.3 Å². The zero-order chi connectivity index (χ0) is 8.27. The molecule has 2 nitrogen and oxygen atoms in total. The smallest absolute Gasteiger partial charge is 0.307 e. The molecule has 0 aromatic carbocycles. The number of hydrogen-bond acceptors (Lipinski definition) is 2. The minimum atomic E-state index is -0.244. The van der Waals surface area contributed by atoms with Crippen LogP contribution in [0.2, 0.25) is 0 Å². The van der Waals surface area contributed by atoms with Gasteiger partial charge in [-0.25, -0.2) is 0 Å². The number of hydrogen-bond donors (Lipinski definition) is 0. The van der Waals surface area contributed by atoms with E-state index in [1.807, 2.05) is 6.08 Å². The number of allylic oxidation sites excluding steroid dienone is 3. The van der Waals surface area contributed by atoms with Crippen LogP contribution in [0.15, 0.2) is 24.0 Å². The Kier molecular flexibility index (Phi) is 2.47. The zero-order valence-corrected chi connectivity index (χ0v) is 6.72. The van der Waals surface area contributed by atoms with Crippen LogP contribution in [0.25, 0.3) is 0 Å². The normalized spacial score (nSPS) is 17.5. The Hall–Kier alpha value is -1.05. The van der Waals surface area contributed by atoms with Gasteiger partial charge in [-0.3, -0.25) is 4.79 Å². The van der Waals surface area contributed by atoms with E-state index in [-0.39, 0.29) is 5.97 Å². The van der Waals surface area contributed by atoms with Gasteiger partial charge in [-0.15, -0.1) is 0 Å². The van der Waals surface area contributed by atoms with Crippen LogP contribution in [0, 0.1) is 0 Å². The first-order valence-corrected chi connectivity index (χ1v) is 3.75. The topological polar surface area (TPSA) is 26.3 Å². The van der Waals surface area contributed by atoms with Gasteiger partial charge in [0.2, 0.25) is 0 Å². The summed E-state index contributed by atoms with van der Waals surface area (Å²) >= 11 is 0. The van der Waals surface area contributed by atoms with Crippen LogP contribution in [-0.2, 0) is 9.53 Å². The molecule has 0 radical (unpaired) electrons. The molecule has 0 N–H and O–H groups in total. The van der Waals surface area contributed by atoms with Gasteiger partial charge in [-0.1, -0.05) is 12.2 Å². The summed E-state index contributed by atoms with van der Waals surface area (Å²) in [5, 5.41) is 0. The Labute approximate surface area is 66.5 Å². The molecular weight excluding hydrogens is 140 g/mol. The lowest BCUT2D eigenvalue weighted by Crippen LogP contribution is -2.02. The average molecular weight is 152 g/mol. The highest BCUT2D eigenvalue weighted by atomic mass is 16.5. The van der Waals surface area contributed by atoms with Crippen molar-refractivity contribution in [1.82, 2.24) is 0 Å². The molecule has 0 aromatic heterocycles. The second kappa shape index (κ2) is 3.37. The van der Waals surface area contributed by atoms with Crippen LogP contribution in [-0.4, -0.2) is 5.97 Å². The molecule has 0 heterocycles. The van der Waals surface area contributed by atoms with E-state index in [0.717, 1.165) is 30.6 Å². The van der Waals surface area contributed by atoms with E-state index in [9.17, 15) is 4.79 Å². The fourth-order valence-electron chi connectivity index (χ4n) is 1.13. The highest BCUT2D eigenvalue weighted by Gasteiger charge is 2.08. The Bertz CT molecular complexity index is 214. The third kappa shape index (κ3) is 2.58. The van der Waals surface area contributed by atoms with E-state index >= 15 is 0 Å². The Morgan fingerprint density at radius 3 is 2.91 bits per heavy atom. The van der Waals surface area contributed by atoms with Crippen LogP contribution in [0.4, 0.5) is 0 Å². The SMILES string of the molecule is C=C1C=C(OC(C)=O)CCC1. The van der Waals surface area contributed by atoms with E-state index in [0.29, 0.717) is 0 Å². The van der Waals surface area contributed by atoms with Crippen molar-refractivity contribution in [3.8, 4) is 0 Å². The van der Waals surface area contributed by atoms with Crippen LogP contribution >= 0.6 is 0 Å². The molecule has 2 heteroatoms. The summed E-state index contributed by atoms with van der Waals surface area (Å²) in [6, 6.07) is 0. The fraction of sp³-hybridized carbons (Fsp3) is 0.444. The zero-order valence-electron chi connectivity index (χ0n) is 6.72. The third-order valence-corrected chi connectivity index (χ3v) is 1.56. The molecule has 60 valence electrons. The monoisotopic (exact) mass is 152 g/mol. The Morgan fingerprint density at radius 1 is 1.64 bits per heavy atom. The van der Waals surface area contributed by atoms with E-state index in [2.05, 4.69) is 6.58 Å². The summed E-state index contributed by atoms with van der Waals surface area (Å²) in [6.07, 6.45) is 4.77. The summed E-state index contributed by atoms with van der Waals surface area (Å²) in [7, 11) is 0. The molecule has 0 aromatic rings. The summed E-state index contributed by atoms with van der Waals surface area (Å²) in [4.78, 5) is 10.5. The van der Waals surface area contributed by atoms with Crippen molar-refractivity contribution in [2.24, 2.45) is 0 Å². The Balaban J connectivity index is 2.56. The highest BCUT2D eigenvalue weighted by molar-refractivity contribution is 5.67. The number of esters is 1. The number of carbonyl (C=O) groups excluding carboxylic acids is 1. The predicted molar refractivity (Wildman–Crippen MR) is 42.8 cm³/mol. The molecule has 0 aliphatic heterocycles. The van der Waals surface area contributed by atoms with E-state index in [1.165, 1.54) is 6.92 Å². The quantitative estimate of drug-likeness (QED) is 0.538. The van der Waals surface area contributed by atoms with Crippen molar-refractivity contribution in [2.75, 3.05) is 0 Å². The second-order valence-electron chi connectivity index (χ2n) is 2.72. The first kappa shape index (κ1) is 8.05. The van der Waals surface area contributed by atoms with E-state index in [4.69, 9.17) is 4.74 Å². The molecule has 0 amide bonds. The molecular formula is C9H12O2. The first-order valence-electron chi connectivity index (χ1n) is 3.75. The van der Waals surface area contributed by atoms with Gasteiger partial charge in [-0.2, -0.15) is 0 Å². The molecule has 0 fully saturated rings. The predicted octanol–water partition coefficient (Wildman–Crippen LogP) is 2.17. The van der Waals surface area contributed by atoms with Crippen molar-refractivity contribution >= 4 is 5.97 Å². The largest absolute Gasteiger partial charge is 0.431 e. The molecule has 0 saturated heterocycles. The molecule has 0 saturated carbocycles. The molecule has 1 aliphatic carbocycles. The van der Waals surface area contributed by atoms with Gasteiger partial charge in [0.05, 0.1) is 0 Å². The molecule has 1 rings (SSSR count). The minimum absolute atomic E-state index is 0.244. The Morgan fingerprint density at radius 2 is 2.36 bits per heavy atom. The summed E-state index contributed by atoms with van der Waals surface area (Å²) in [5.41, 5.74) is 1.05.